The first-order chi connectivity index (χ1) is 8.58. The topological polar surface area (TPSA) is 53.1 Å². The molecule has 1 heterocycles. The molecule has 94 valence electrons. The van der Waals surface area contributed by atoms with Gasteiger partial charge in [-0.1, -0.05) is 18.2 Å². The number of aromatic amines is 1. The SMILES string of the molecule is Cc1cccc(C)c1SCc1cc(=O)c(O)c[nH]1. The average Bonchev–Trinajstić information content (AvgIpc) is 2.33. The van der Waals surface area contributed by atoms with E-state index in [1.807, 2.05) is 6.07 Å². The Kier molecular flexibility index (Phi) is 3.77. The summed E-state index contributed by atoms with van der Waals surface area (Å²) in [5.41, 5.74) is 2.94. The van der Waals surface area contributed by atoms with E-state index >= 15 is 0 Å². The fourth-order valence-electron chi connectivity index (χ4n) is 1.77. The number of aryl methyl sites for hydroxylation is 2. The maximum atomic E-state index is 11.3. The fourth-order valence-corrected chi connectivity index (χ4v) is 2.82. The van der Waals surface area contributed by atoms with Crippen LogP contribution in [0.5, 0.6) is 5.75 Å². The van der Waals surface area contributed by atoms with E-state index in [0.29, 0.717) is 5.75 Å². The Morgan fingerprint density at radius 3 is 2.56 bits per heavy atom. The summed E-state index contributed by atoms with van der Waals surface area (Å²) < 4.78 is 0. The second-order valence-electron chi connectivity index (χ2n) is 4.22. The van der Waals surface area contributed by atoms with Gasteiger partial charge in [0.2, 0.25) is 5.43 Å². The molecule has 0 aliphatic rings. The Balaban J connectivity index is 2.16. The Morgan fingerprint density at radius 2 is 1.94 bits per heavy atom. The molecule has 0 fully saturated rings. The molecule has 0 spiro atoms. The minimum Gasteiger partial charge on any atom is -0.503 e. The molecule has 0 amide bonds. The lowest BCUT2D eigenvalue weighted by molar-refractivity contribution is 0.467. The first-order valence-electron chi connectivity index (χ1n) is 5.67. The van der Waals surface area contributed by atoms with Crippen LogP contribution in [0.4, 0.5) is 0 Å². The quantitative estimate of drug-likeness (QED) is 0.835. The summed E-state index contributed by atoms with van der Waals surface area (Å²) in [6.07, 6.45) is 1.34. The van der Waals surface area contributed by atoms with Gasteiger partial charge >= 0.3 is 0 Å². The van der Waals surface area contributed by atoms with E-state index in [9.17, 15) is 4.79 Å². The molecule has 0 aliphatic carbocycles. The third-order valence-corrected chi connectivity index (χ3v) is 4.12. The van der Waals surface area contributed by atoms with Crippen molar-refractivity contribution < 1.29 is 5.11 Å². The van der Waals surface area contributed by atoms with Crippen LogP contribution in [0.25, 0.3) is 0 Å². The maximum Gasteiger partial charge on any atom is 0.223 e. The van der Waals surface area contributed by atoms with Crippen LogP contribution in [-0.2, 0) is 5.75 Å². The summed E-state index contributed by atoms with van der Waals surface area (Å²) in [5, 5.41) is 9.17. The normalized spacial score (nSPS) is 10.6. The van der Waals surface area contributed by atoms with Crippen LogP contribution in [0, 0.1) is 13.8 Å². The lowest BCUT2D eigenvalue weighted by Gasteiger charge is -2.09. The van der Waals surface area contributed by atoms with Gasteiger partial charge < -0.3 is 10.1 Å². The summed E-state index contributed by atoms with van der Waals surface area (Å²) in [7, 11) is 0. The molecule has 2 rings (SSSR count). The van der Waals surface area contributed by atoms with Gasteiger partial charge in [-0.25, -0.2) is 0 Å². The van der Waals surface area contributed by atoms with Crippen molar-refractivity contribution in [2.24, 2.45) is 0 Å². The Labute approximate surface area is 110 Å². The molecular weight excluding hydrogens is 246 g/mol. The number of nitrogens with one attached hydrogen (secondary N) is 1. The van der Waals surface area contributed by atoms with Gasteiger partial charge in [0.15, 0.2) is 5.75 Å². The number of aromatic nitrogens is 1. The van der Waals surface area contributed by atoms with Crippen molar-refractivity contribution in [2.45, 2.75) is 24.5 Å². The van der Waals surface area contributed by atoms with Crippen LogP contribution in [0.1, 0.15) is 16.8 Å². The lowest BCUT2D eigenvalue weighted by atomic mass is 10.2. The molecule has 0 unspecified atom stereocenters. The Hall–Kier alpha value is -1.68. The largest absolute Gasteiger partial charge is 0.503 e. The minimum absolute atomic E-state index is 0.240. The van der Waals surface area contributed by atoms with E-state index in [2.05, 4.69) is 31.0 Å². The van der Waals surface area contributed by atoms with Crippen molar-refractivity contribution >= 4 is 11.8 Å². The molecule has 0 atom stereocenters. The lowest BCUT2D eigenvalue weighted by Crippen LogP contribution is -2.02. The third kappa shape index (κ3) is 2.76. The van der Waals surface area contributed by atoms with Crippen LogP contribution in [-0.4, -0.2) is 10.1 Å². The van der Waals surface area contributed by atoms with Crippen LogP contribution >= 0.6 is 11.8 Å². The summed E-state index contributed by atoms with van der Waals surface area (Å²) in [6.45, 7) is 4.16. The first-order valence-corrected chi connectivity index (χ1v) is 6.66. The minimum atomic E-state index is -0.342. The first kappa shape index (κ1) is 12.8. The summed E-state index contributed by atoms with van der Waals surface area (Å²) in [6, 6.07) is 7.64. The highest BCUT2D eigenvalue weighted by Crippen LogP contribution is 2.28. The zero-order valence-corrected chi connectivity index (χ0v) is 11.2. The van der Waals surface area contributed by atoms with Gasteiger partial charge in [-0.3, -0.25) is 4.79 Å². The number of hydrogen-bond donors (Lipinski definition) is 2. The van der Waals surface area contributed by atoms with E-state index in [-0.39, 0.29) is 11.2 Å². The number of aromatic hydroxyl groups is 1. The van der Waals surface area contributed by atoms with Crippen molar-refractivity contribution in [3.63, 3.8) is 0 Å². The highest BCUT2D eigenvalue weighted by molar-refractivity contribution is 7.98. The van der Waals surface area contributed by atoms with Crippen molar-refractivity contribution in [1.82, 2.24) is 4.98 Å². The van der Waals surface area contributed by atoms with Crippen molar-refractivity contribution in [1.29, 1.82) is 0 Å². The van der Waals surface area contributed by atoms with Gasteiger partial charge in [0.05, 0.1) is 0 Å². The summed E-state index contributed by atoms with van der Waals surface area (Å²) in [4.78, 5) is 15.5. The zero-order chi connectivity index (χ0) is 13.1. The smallest absolute Gasteiger partial charge is 0.223 e. The monoisotopic (exact) mass is 261 g/mol. The van der Waals surface area contributed by atoms with E-state index in [0.717, 1.165) is 5.69 Å². The van der Waals surface area contributed by atoms with Gasteiger partial charge in [0.1, 0.15) is 0 Å². The van der Waals surface area contributed by atoms with Crippen LogP contribution in [0.3, 0.4) is 0 Å². The zero-order valence-electron chi connectivity index (χ0n) is 10.4. The summed E-state index contributed by atoms with van der Waals surface area (Å²) >= 11 is 1.69. The van der Waals surface area contributed by atoms with E-state index in [4.69, 9.17) is 5.11 Å². The average molecular weight is 261 g/mol. The number of pyridine rings is 1. The maximum absolute atomic E-state index is 11.3. The van der Waals surface area contributed by atoms with Crippen LogP contribution in [0.15, 0.2) is 40.2 Å². The molecule has 0 saturated carbocycles. The second-order valence-corrected chi connectivity index (χ2v) is 5.20. The van der Waals surface area contributed by atoms with Gasteiger partial charge in [0, 0.05) is 28.6 Å². The Morgan fingerprint density at radius 1 is 1.28 bits per heavy atom. The van der Waals surface area contributed by atoms with Crippen molar-refractivity contribution in [2.75, 3.05) is 0 Å². The van der Waals surface area contributed by atoms with Gasteiger partial charge in [-0.05, 0) is 25.0 Å². The molecular formula is C14H15NO2S. The molecule has 0 bridgehead atoms. The van der Waals surface area contributed by atoms with E-state index in [1.165, 1.54) is 28.3 Å². The molecule has 0 saturated heterocycles. The molecule has 1 aromatic heterocycles. The molecule has 1 aromatic carbocycles. The number of rotatable bonds is 3. The number of thioether (sulfide) groups is 1. The Bertz CT molecular complexity index is 599. The highest BCUT2D eigenvalue weighted by Gasteiger charge is 2.05. The number of H-pyrrole nitrogens is 1. The highest BCUT2D eigenvalue weighted by atomic mass is 32.2. The van der Waals surface area contributed by atoms with Crippen LogP contribution < -0.4 is 5.43 Å². The van der Waals surface area contributed by atoms with Crippen molar-refractivity contribution in [3.8, 4) is 5.75 Å². The summed E-state index contributed by atoms with van der Waals surface area (Å²) in [5.74, 6) is 0.442. The fraction of sp³-hybridized carbons (Fsp3) is 0.214. The molecule has 2 N–H and O–H groups in total. The molecule has 18 heavy (non-hydrogen) atoms. The number of hydrogen-bond acceptors (Lipinski definition) is 3. The molecule has 2 aromatic rings. The van der Waals surface area contributed by atoms with Crippen molar-refractivity contribution in [3.05, 3.63) is 57.5 Å². The molecule has 3 nitrogen and oxygen atoms in total. The van der Waals surface area contributed by atoms with E-state index < -0.39 is 0 Å². The molecule has 0 aliphatic heterocycles. The van der Waals surface area contributed by atoms with E-state index in [1.54, 1.807) is 11.8 Å². The molecule has 4 heteroatoms. The van der Waals surface area contributed by atoms with Gasteiger partial charge in [-0.15, -0.1) is 11.8 Å². The van der Waals surface area contributed by atoms with Gasteiger partial charge in [-0.2, -0.15) is 0 Å². The van der Waals surface area contributed by atoms with Gasteiger partial charge in [0.25, 0.3) is 0 Å². The molecule has 0 radical (unpaired) electrons. The predicted octanol–water partition coefficient (Wildman–Crippen LogP) is 2.99. The third-order valence-electron chi connectivity index (χ3n) is 2.73. The number of benzene rings is 1. The van der Waals surface area contributed by atoms with Crippen LogP contribution in [0.2, 0.25) is 0 Å². The predicted molar refractivity (Wildman–Crippen MR) is 74.2 cm³/mol. The standard InChI is InChI=1S/C14H15NO2S/c1-9-4-3-5-10(2)14(9)18-8-11-6-12(16)13(17)7-15-11/h3-7,17H,8H2,1-2H3,(H,15,16). The second kappa shape index (κ2) is 5.31.